The van der Waals surface area contributed by atoms with Gasteiger partial charge in [0.1, 0.15) is 0 Å². The van der Waals surface area contributed by atoms with Gasteiger partial charge in [-0.15, -0.1) is 0 Å². The van der Waals surface area contributed by atoms with E-state index in [9.17, 15) is 8.42 Å². The first-order valence-electron chi connectivity index (χ1n) is 7.25. The third-order valence-electron chi connectivity index (χ3n) is 3.46. The molecule has 1 heterocycles. The minimum Gasteiger partial charge on any atom is -0.381 e. The predicted molar refractivity (Wildman–Crippen MR) is 77.7 cm³/mol. The lowest BCUT2D eigenvalue weighted by atomic mass is 9.99. The van der Waals surface area contributed by atoms with Crippen LogP contribution in [-0.2, 0) is 14.8 Å². The van der Waals surface area contributed by atoms with Gasteiger partial charge in [-0.05, 0) is 52.6 Å². The summed E-state index contributed by atoms with van der Waals surface area (Å²) < 4.78 is 31.5. The van der Waals surface area contributed by atoms with Gasteiger partial charge in [-0.2, -0.15) is 4.31 Å². The number of hydrogen-bond donors (Lipinski definition) is 1. The van der Waals surface area contributed by atoms with Gasteiger partial charge in [0.05, 0.1) is 12.4 Å². The van der Waals surface area contributed by atoms with Crippen molar-refractivity contribution in [3.63, 3.8) is 0 Å². The maximum Gasteiger partial charge on any atom is 0.216 e. The zero-order valence-corrected chi connectivity index (χ0v) is 13.2. The Hall–Kier alpha value is -0.170. The van der Waals surface area contributed by atoms with Crippen LogP contribution in [-0.4, -0.2) is 57.4 Å². The van der Waals surface area contributed by atoms with E-state index >= 15 is 0 Å². The average molecular weight is 292 g/mol. The second-order valence-electron chi connectivity index (χ2n) is 5.39. The van der Waals surface area contributed by atoms with Gasteiger partial charge < -0.3 is 10.1 Å². The first-order chi connectivity index (χ1) is 8.97. The van der Waals surface area contributed by atoms with Gasteiger partial charge in [0.25, 0.3) is 0 Å². The number of sulfonamides is 1. The molecule has 0 amide bonds. The van der Waals surface area contributed by atoms with Crippen molar-refractivity contribution in [3.8, 4) is 0 Å². The molecule has 19 heavy (non-hydrogen) atoms. The van der Waals surface area contributed by atoms with E-state index in [0.717, 1.165) is 25.9 Å². The third-order valence-corrected chi connectivity index (χ3v) is 5.43. The molecule has 1 fully saturated rings. The van der Waals surface area contributed by atoms with E-state index < -0.39 is 10.0 Å². The van der Waals surface area contributed by atoms with Crippen molar-refractivity contribution in [2.45, 2.75) is 39.7 Å². The summed E-state index contributed by atoms with van der Waals surface area (Å²) in [5, 5.41) is 3.34. The van der Waals surface area contributed by atoms with Crippen LogP contribution in [0.1, 0.15) is 33.6 Å². The lowest BCUT2D eigenvalue weighted by molar-refractivity contribution is 0.161. The van der Waals surface area contributed by atoms with Gasteiger partial charge >= 0.3 is 0 Å². The highest BCUT2D eigenvalue weighted by Crippen LogP contribution is 2.16. The van der Waals surface area contributed by atoms with Crippen LogP contribution in [0.4, 0.5) is 0 Å². The van der Waals surface area contributed by atoms with Crippen LogP contribution < -0.4 is 5.32 Å². The molecule has 0 aromatic rings. The molecule has 1 N–H and O–H groups in total. The molecule has 0 radical (unpaired) electrons. The maximum atomic E-state index is 12.3. The van der Waals surface area contributed by atoms with Crippen LogP contribution in [0.2, 0.25) is 0 Å². The van der Waals surface area contributed by atoms with Crippen molar-refractivity contribution in [2.75, 3.05) is 38.6 Å². The van der Waals surface area contributed by atoms with Crippen molar-refractivity contribution in [1.29, 1.82) is 0 Å². The van der Waals surface area contributed by atoms with Crippen molar-refractivity contribution >= 4 is 10.0 Å². The fourth-order valence-electron chi connectivity index (χ4n) is 2.41. The lowest BCUT2D eigenvalue weighted by Gasteiger charge is -2.32. The van der Waals surface area contributed by atoms with Gasteiger partial charge in [0, 0.05) is 19.2 Å². The lowest BCUT2D eigenvalue weighted by Crippen LogP contribution is -2.45. The van der Waals surface area contributed by atoms with Gasteiger partial charge in [0.2, 0.25) is 10.0 Å². The Labute approximate surface area is 117 Å². The summed E-state index contributed by atoms with van der Waals surface area (Å²) in [6.45, 7) is 9.19. The van der Waals surface area contributed by atoms with Crippen LogP contribution >= 0.6 is 0 Å². The molecule has 114 valence electrons. The van der Waals surface area contributed by atoms with E-state index in [1.54, 1.807) is 4.31 Å². The summed E-state index contributed by atoms with van der Waals surface area (Å²) in [4.78, 5) is 0. The number of rotatable bonds is 8. The van der Waals surface area contributed by atoms with Crippen LogP contribution in [0.15, 0.2) is 0 Å². The van der Waals surface area contributed by atoms with Crippen LogP contribution in [0.3, 0.4) is 0 Å². The molecule has 1 atom stereocenters. The van der Waals surface area contributed by atoms with Gasteiger partial charge in [-0.25, -0.2) is 8.42 Å². The molecule has 6 heteroatoms. The molecule has 0 aromatic carbocycles. The van der Waals surface area contributed by atoms with Crippen LogP contribution in [0.5, 0.6) is 0 Å². The Balaban J connectivity index is 2.59. The normalized spacial score (nSPS) is 21.2. The topological polar surface area (TPSA) is 58.6 Å². The Morgan fingerprint density at radius 2 is 2.16 bits per heavy atom. The SMILES string of the molecule is CCOCCS(=O)(=O)N(CC1CCCNC1)C(C)C. The number of nitrogens with one attached hydrogen (secondary N) is 1. The molecule has 1 aliphatic heterocycles. The van der Waals surface area contributed by atoms with Gasteiger partial charge in [0.15, 0.2) is 0 Å². The predicted octanol–water partition coefficient (Wildman–Crippen LogP) is 1.06. The quantitative estimate of drug-likeness (QED) is 0.680. The van der Waals surface area contributed by atoms with E-state index in [4.69, 9.17) is 4.74 Å². The molecule has 1 rings (SSSR count). The fourth-order valence-corrected chi connectivity index (χ4v) is 4.05. The number of piperidine rings is 1. The van der Waals surface area contributed by atoms with Crippen LogP contribution in [0, 0.1) is 5.92 Å². The zero-order valence-electron chi connectivity index (χ0n) is 12.4. The largest absolute Gasteiger partial charge is 0.381 e. The standard InChI is InChI=1S/C13H28N2O3S/c1-4-18-8-9-19(16,17)15(12(2)3)11-13-6-5-7-14-10-13/h12-14H,4-11H2,1-3H3. The highest BCUT2D eigenvalue weighted by Gasteiger charge is 2.28. The Kier molecular flexibility index (Phi) is 7.28. The Bertz CT molecular complexity index is 338. The first-order valence-corrected chi connectivity index (χ1v) is 8.86. The van der Waals surface area contributed by atoms with Gasteiger partial charge in [-0.3, -0.25) is 0 Å². The van der Waals surface area contributed by atoms with E-state index in [2.05, 4.69) is 5.32 Å². The maximum absolute atomic E-state index is 12.3. The zero-order chi connectivity index (χ0) is 14.3. The minimum atomic E-state index is -3.21. The Morgan fingerprint density at radius 3 is 2.68 bits per heavy atom. The number of nitrogens with zero attached hydrogens (tertiary/aromatic N) is 1. The molecule has 0 aliphatic carbocycles. The van der Waals surface area contributed by atoms with Gasteiger partial charge in [-0.1, -0.05) is 0 Å². The fraction of sp³-hybridized carbons (Fsp3) is 1.00. The van der Waals surface area contributed by atoms with E-state index in [1.165, 1.54) is 0 Å². The Morgan fingerprint density at radius 1 is 1.42 bits per heavy atom. The minimum absolute atomic E-state index is 0.00792. The monoisotopic (exact) mass is 292 g/mol. The van der Waals surface area contributed by atoms with E-state index in [-0.39, 0.29) is 18.4 Å². The number of ether oxygens (including phenoxy) is 1. The third kappa shape index (κ3) is 5.77. The van der Waals surface area contributed by atoms with Crippen molar-refractivity contribution in [2.24, 2.45) is 5.92 Å². The molecular weight excluding hydrogens is 264 g/mol. The molecule has 0 bridgehead atoms. The average Bonchev–Trinajstić information content (AvgIpc) is 2.37. The summed E-state index contributed by atoms with van der Waals surface area (Å²) >= 11 is 0. The molecule has 0 saturated carbocycles. The van der Waals surface area contributed by atoms with Crippen molar-refractivity contribution in [3.05, 3.63) is 0 Å². The second kappa shape index (κ2) is 8.19. The molecular formula is C13H28N2O3S. The summed E-state index contributed by atoms with van der Waals surface area (Å²) in [5.41, 5.74) is 0. The van der Waals surface area contributed by atoms with E-state index in [0.29, 0.717) is 19.1 Å². The number of hydrogen-bond acceptors (Lipinski definition) is 4. The molecule has 1 aliphatic rings. The highest BCUT2D eigenvalue weighted by molar-refractivity contribution is 7.89. The highest BCUT2D eigenvalue weighted by atomic mass is 32.2. The molecule has 5 nitrogen and oxygen atoms in total. The summed E-state index contributed by atoms with van der Waals surface area (Å²) in [6, 6.07) is 0.00792. The van der Waals surface area contributed by atoms with E-state index in [1.807, 2.05) is 20.8 Å². The summed E-state index contributed by atoms with van der Waals surface area (Å²) in [5.74, 6) is 0.511. The summed E-state index contributed by atoms with van der Waals surface area (Å²) in [7, 11) is -3.21. The van der Waals surface area contributed by atoms with Crippen LogP contribution in [0.25, 0.3) is 0 Å². The second-order valence-corrected chi connectivity index (χ2v) is 7.43. The van der Waals surface area contributed by atoms with Crippen molar-refractivity contribution in [1.82, 2.24) is 9.62 Å². The van der Waals surface area contributed by atoms with Crippen molar-refractivity contribution < 1.29 is 13.2 Å². The smallest absolute Gasteiger partial charge is 0.216 e. The molecule has 1 saturated heterocycles. The molecule has 1 unspecified atom stereocenters. The summed E-state index contributed by atoms with van der Waals surface area (Å²) in [6.07, 6.45) is 2.24. The first kappa shape index (κ1) is 16.9. The molecule has 0 aromatic heterocycles. The molecule has 0 spiro atoms.